The Hall–Kier alpha value is -0.750. The monoisotopic (exact) mass is 239 g/mol. The minimum atomic E-state index is 0.537. The molecule has 2 aromatic heterocycles. The summed E-state index contributed by atoms with van der Waals surface area (Å²) < 4.78 is 0. The van der Waals surface area contributed by atoms with Gasteiger partial charge in [-0.15, -0.1) is 22.7 Å². The van der Waals surface area contributed by atoms with Gasteiger partial charge in [-0.3, -0.25) is 0 Å². The number of thiophene rings is 1. The maximum Gasteiger partial charge on any atom is 0.106 e. The van der Waals surface area contributed by atoms with Crippen LogP contribution in [0.2, 0.25) is 0 Å². The van der Waals surface area contributed by atoms with E-state index in [0.717, 1.165) is 23.8 Å². The number of aromatic nitrogens is 1. The van der Waals surface area contributed by atoms with Crippen molar-refractivity contribution < 1.29 is 0 Å². The van der Waals surface area contributed by atoms with Crippen LogP contribution in [-0.4, -0.2) is 4.98 Å². The van der Waals surface area contributed by atoms with Crippen LogP contribution in [0.5, 0.6) is 0 Å². The number of rotatable bonds is 5. The molecule has 0 radical (unpaired) electrons. The van der Waals surface area contributed by atoms with Crippen molar-refractivity contribution in [1.29, 1.82) is 0 Å². The Balaban J connectivity index is 1.78. The molecular formula is C10H13N3S2. The maximum atomic E-state index is 5.50. The average Bonchev–Trinajstić information content (AvgIpc) is 2.88. The van der Waals surface area contributed by atoms with E-state index in [1.807, 2.05) is 0 Å². The van der Waals surface area contributed by atoms with E-state index in [9.17, 15) is 0 Å². The first-order chi connectivity index (χ1) is 7.38. The van der Waals surface area contributed by atoms with E-state index in [-0.39, 0.29) is 0 Å². The molecule has 0 fully saturated rings. The van der Waals surface area contributed by atoms with E-state index >= 15 is 0 Å². The number of nitrogens with zero attached hydrogens (tertiary/aromatic N) is 1. The summed E-state index contributed by atoms with van der Waals surface area (Å²) in [5.74, 6) is 0. The number of nitrogens with two attached hydrogens (primary N) is 1. The van der Waals surface area contributed by atoms with Gasteiger partial charge in [0.2, 0.25) is 0 Å². The van der Waals surface area contributed by atoms with Crippen molar-refractivity contribution in [3.05, 3.63) is 38.5 Å². The van der Waals surface area contributed by atoms with Crippen molar-refractivity contribution in [2.75, 3.05) is 0 Å². The molecule has 15 heavy (non-hydrogen) atoms. The van der Waals surface area contributed by atoms with Gasteiger partial charge in [0.25, 0.3) is 0 Å². The van der Waals surface area contributed by atoms with E-state index in [1.54, 1.807) is 22.7 Å². The van der Waals surface area contributed by atoms with Gasteiger partial charge < -0.3 is 11.1 Å². The highest BCUT2D eigenvalue weighted by Crippen LogP contribution is 2.10. The Morgan fingerprint density at radius 1 is 1.33 bits per heavy atom. The lowest BCUT2D eigenvalue weighted by Gasteiger charge is -1.99. The smallest absolute Gasteiger partial charge is 0.106 e. The normalized spacial score (nSPS) is 10.7. The quantitative estimate of drug-likeness (QED) is 0.838. The molecule has 5 heteroatoms. The van der Waals surface area contributed by atoms with Crippen LogP contribution in [0, 0.1) is 0 Å². The molecule has 0 saturated heterocycles. The minimum Gasteiger partial charge on any atom is -0.325 e. The van der Waals surface area contributed by atoms with Crippen LogP contribution < -0.4 is 11.1 Å². The highest BCUT2D eigenvalue weighted by molar-refractivity contribution is 7.10. The van der Waals surface area contributed by atoms with Crippen LogP contribution in [0.1, 0.15) is 15.6 Å². The average molecular weight is 239 g/mol. The molecule has 0 spiro atoms. The molecule has 2 rings (SSSR count). The third-order valence-electron chi connectivity index (χ3n) is 1.96. The fraction of sp³-hybridized carbons (Fsp3) is 0.300. The van der Waals surface area contributed by atoms with E-state index < -0.39 is 0 Å². The summed E-state index contributed by atoms with van der Waals surface area (Å²) in [5, 5.41) is 8.51. The lowest BCUT2D eigenvalue weighted by atomic mass is 10.4. The van der Waals surface area contributed by atoms with Gasteiger partial charge in [-0.1, -0.05) is 6.07 Å². The Kier molecular flexibility index (Phi) is 3.85. The first kappa shape index (κ1) is 10.8. The molecule has 0 aliphatic heterocycles. The van der Waals surface area contributed by atoms with Gasteiger partial charge in [0.1, 0.15) is 5.01 Å². The summed E-state index contributed by atoms with van der Waals surface area (Å²) in [6, 6.07) is 4.20. The van der Waals surface area contributed by atoms with Crippen LogP contribution in [0.25, 0.3) is 0 Å². The Labute approximate surface area is 97.0 Å². The molecule has 0 unspecified atom stereocenters. The van der Waals surface area contributed by atoms with Crippen molar-refractivity contribution in [3.8, 4) is 0 Å². The number of hydrogen-bond acceptors (Lipinski definition) is 5. The summed E-state index contributed by atoms with van der Waals surface area (Å²) in [4.78, 5) is 5.73. The van der Waals surface area contributed by atoms with E-state index in [4.69, 9.17) is 5.73 Å². The number of nitrogens with one attached hydrogen (secondary N) is 1. The third kappa shape index (κ3) is 3.10. The second-order valence-corrected chi connectivity index (χ2v) is 5.09. The largest absolute Gasteiger partial charge is 0.325 e. The molecule has 0 saturated carbocycles. The van der Waals surface area contributed by atoms with Crippen LogP contribution in [0.4, 0.5) is 0 Å². The molecule has 0 aliphatic rings. The first-order valence-corrected chi connectivity index (χ1v) is 6.51. The molecule has 3 nitrogen and oxygen atoms in total. The Morgan fingerprint density at radius 3 is 2.93 bits per heavy atom. The lowest BCUT2D eigenvalue weighted by molar-refractivity contribution is 0.687. The van der Waals surface area contributed by atoms with Gasteiger partial charge in [0.05, 0.1) is 5.69 Å². The van der Waals surface area contributed by atoms with Crippen molar-refractivity contribution in [1.82, 2.24) is 10.3 Å². The predicted octanol–water partition coefficient (Wildman–Crippen LogP) is 1.95. The molecule has 80 valence electrons. The summed E-state index contributed by atoms with van der Waals surface area (Å²) in [6.07, 6.45) is 0. The van der Waals surface area contributed by atoms with Crippen LogP contribution >= 0.6 is 22.7 Å². The Bertz CT molecular complexity index is 394. The predicted molar refractivity (Wildman–Crippen MR) is 64.9 cm³/mol. The van der Waals surface area contributed by atoms with Gasteiger partial charge in [-0.05, 0) is 11.4 Å². The van der Waals surface area contributed by atoms with E-state index in [0.29, 0.717) is 6.54 Å². The minimum absolute atomic E-state index is 0.537. The van der Waals surface area contributed by atoms with Crippen LogP contribution in [-0.2, 0) is 19.6 Å². The molecule has 2 aromatic rings. The fourth-order valence-electron chi connectivity index (χ4n) is 1.25. The van der Waals surface area contributed by atoms with Gasteiger partial charge in [-0.2, -0.15) is 0 Å². The zero-order chi connectivity index (χ0) is 10.5. The highest BCUT2D eigenvalue weighted by Gasteiger charge is 2.00. The topological polar surface area (TPSA) is 50.9 Å². The van der Waals surface area contributed by atoms with Gasteiger partial charge in [0.15, 0.2) is 0 Å². The van der Waals surface area contributed by atoms with E-state index in [2.05, 4.69) is 33.2 Å². The summed E-state index contributed by atoms with van der Waals surface area (Å²) >= 11 is 3.39. The van der Waals surface area contributed by atoms with Crippen molar-refractivity contribution in [2.24, 2.45) is 5.73 Å². The second kappa shape index (κ2) is 5.37. The summed E-state index contributed by atoms with van der Waals surface area (Å²) in [5.41, 5.74) is 6.58. The standard InChI is InChI=1S/C10H13N3S2/c11-4-10-13-8(7-15-10)5-12-6-9-2-1-3-14-9/h1-3,7,12H,4-6,11H2. The molecule has 0 amide bonds. The molecule has 0 aromatic carbocycles. The van der Waals surface area contributed by atoms with Gasteiger partial charge in [0, 0.05) is 29.9 Å². The molecule has 0 atom stereocenters. The second-order valence-electron chi connectivity index (χ2n) is 3.12. The molecule has 0 bridgehead atoms. The SMILES string of the molecule is NCc1nc(CNCc2cccs2)cs1. The number of thiazole rings is 1. The van der Waals surface area contributed by atoms with E-state index in [1.165, 1.54) is 4.88 Å². The highest BCUT2D eigenvalue weighted by atomic mass is 32.1. The molecule has 0 aliphatic carbocycles. The third-order valence-corrected chi connectivity index (χ3v) is 3.76. The van der Waals surface area contributed by atoms with Crippen LogP contribution in [0.3, 0.4) is 0 Å². The van der Waals surface area contributed by atoms with Gasteiger partial charge in [-0.25, -0.2) is 4.98 Å². The summed E-state index contributed by atoms with van der Waals surface area (Å²) in [6.45, 7) is 2.26. The Morgan fingerprint density at radius 2 is 2.27 bits per heavy atom. The van der Waals surface area contributed by atoms with Gasteiger partial charge >= 0.3 is 0 Å². The van der Waals surface area contributed by atoms with Crippen LogP contribution in [0.15, 0.2) is 22.9 Å². The fourth-order valence-corrected chi connectivity index (χ4v) is 2.60. The summed E-state index contributed by atoms with van der Waals surface area (Å²) in [7, 11) is 0. The molecular weight excluding hydrogens is 226 g/mol. The van der Waals surface area contributed by atoms with Crippen molar-refractivity contribution >= 4 is 22.7 Å². The zero-order valence-electron chi connectivity index (χ0n) is 8.27. The lowest BCUT2D eigenvalue weighted by Crippen LogP contribution is -2.12. The molecule has 2 heterocycles. The molecule has 3 N–H and O–H groups in total. The first-order valence-electron chi connectivity index (χ1n) is 4.75. The maximum absolute atomic E-state index is 5.50. The number of hydrogen-bond donors (Lipinski definition) is 2. The zero-order valence-corrected chi connectivity index (χ0v) is 9.90. The van der Waals surface area contributed by atoms with Crippen molar-refractivity contribution in [2.45, 2.75) is 19.6 Å². The van der Waals surface area contributed by atoms with Crippen molar-refractivity contribution in [3.63, 3.8) is 0 Å².